The van der Waals surface area contributed by atoms with E-state index >= 15 is 0 Å². The van der Waals surface area contributed by atoms with E-state index in [1.165, 1.54) is 21.9 Å². The van der Waals surface area contributed by atoms with Gasteiger partial charge in [-0.3, -0.25) is 0 Å². The van der Waals surface area contributed by atoms with Crippen LogP contribution in [0.1, 0.15) is 23.6 Å². The summed E-state index contributed by atoms with van der Waals surface area (Å²) < 4.78 is 0. The molecule has 0 aliphatic rings. The first kappa shape index (κ1) is 14.9. The summed E-state index contributed by atoms with van der Waals surface area (Å²) in [6.07, 6.45) is 0. The number of fused-ring (bicyclic) bond motifs is 1. The Morgan fingerprint density at radius 1 is 0.667 bits per heavy atom. The van der Waals surface area contributed by atoms with Crippen LogP contribution >= 0.6 is 0 Å². The van der Waals surface area contributed by atoms with Crippen molar-refractivity contribution in [3.63, 3.8) is 0 Å². The van der Waals surface area contributed by atoms with Gasteiger partial charge in [-0.25, -0.2) is 0 Å². The smallest absolute Gasteiger partial charge is 0.0247 e. The molecule has 3 aromatic rings. The second-order valence-electron chi connectivity index (χ2n) is 5.02. The lowest BCUT2D eigenvalue weighted by Gasteiger charge is -1.98. The predicted octanol–water partition coefficient (Wildman–Crippen LogP) is 5.51. The van der Waals surface area contributed by atoms with Crippen molar-refractivity contribution >= 4 is 10.8 Å². The Balaban J connectivity index is 0.000000154. The Morgan fingerprint density at radius 3 is 1.62 bits per heavy atom. The lowest BCUT2D eigenvalue weighted by atomic mass is 10.1. The molecule has 0 spiro atoms. The lowest BCUT2D eigenvalue weighted by Crippen LogP contribution is -1.81. The molecule has 0 amide bonds. The summed E-state index contributed by atoms with van der Waals surface area (Å²) in [6.45, 7) is 6.07. The molecule has 3 rings (SSSR count). The van der Waals surface area contributed by atoms with Crippen molar-refractivity contribution in [3.05, 3.63) is 83.4 Å². The van der Waals surface area contributed by atoms with Gasteiger partial charge in [0.25, 0.3) is 0 Å². The van der Waals surface area contributed by atoms with E-state index in [4.69, 9.17) is 0 Å². The Kier molecular flexibility index (Phi) is 5.18. The molecule has 0 heteroatoms. The second kappa shape index (κ2) is 7.31. The summed E-state index contributed by atoms with van der Waals surface area (Å²) in [7, 11) is 0. The summed E-state index contributed by atoms with van der Waals surface area (Å²) in [5.41, 5.74) is 3.74. The third-order valence-electron chi connectivity index (χ3n) is 3.43. The maximum Gasteiger partial charge on any atom is 0.0247 e. The molecule has 0 atom stereocenters. The molecule has 0 bridgehead atoms. The van der Waals surface area contributed by atoms with E-state index in [0.29, 0.717) is 0 Å². The molecule has 0 saturated heterocycles. The van der Waals surface area contributed by atoms with Crippen LogP contribution in [0.25, 0.3) is 10.8 Å². The molecule has 0 aliphatic heterocycles. The summed E-state index contributed by atoms with van der Waals surface area (Å²) in [5.74, 6) is 5.91. The fraction of sp³-hybridized carbons (Fsp3) is 0.143. The highest BCUT2D eigenvalue weighted by atomic mass is 14.0. The molecule has 0 aromatic heterocycles. The predicted molar refractivity (Wildman–Crippen MR) is 92.4 cm³/mol. The van der Waals surface area contributed by atoms with Gasteiger partial charge in [0.2, 0.25) is 0 Å². The van der Waals surface area contributed by atoms with Crippen LogP contribution in [0.3, 0.4) is 0 Å². The van der Waals surface area contributed by atoms with Crippen molar-refractivity contribution in [1.82, 2.24) is 0 Å². The summed E-state index contributed by atoms with van der Waals surface area (Å²) in [5, 5.41) is 2.62. The lowest BCUT2D eigenvalue weighted by molar-refractivity contribution is 1.33. The highest BCUT2D eigenvalue weighted by Crippen LogP contribution is 2.11. The van der Waals surface area contributed by atoms with Crippen LogP contribution in [-0.4, -0.2) is 0 Å². The maximum absolute atomic E-state index is 3.03. The number of hydrogen-bond acceptors (Lipinski definition) is 0. The number of aryl methyl sites for hydroxylation is 2. The zero-order chi connectivity index (χ0) is 15.1. The first-order valence-electron chi connectivity index (χ1n) is 7.14. The van der Waals surface area contributed by atoms with Gasteiger partial charge in [0.1, 0.15) is 0 Å². The van der Waals surface area contributed by atoms with Crippen LogP contribution in [-0.2, 0) is 0 Å². The van der Waals surface area contributed by atoms with Crippen LogP contribution in [0, 0.1) is 25.7 Å². The van der Waals surface area contributed by atoms with Gasteiger partial charge >= 0.3 is 0 Å². The molecule has 0 aliphatic carbocycles. The van der Waals surface area contributed by atoms with Crippen molar-refractivity contribution in [1.29, 1.82) is 0 Å². The molecule has 3 aromatic carbocycles. The van der Waals surface area contributed by atoms with Gasteiger partial charge in [0.05, 0.1) is 0 Å². The summed E-state index contributed by atoms with van der Waals surface area (Å²) >= 11 is 0. The van der Waals surface area contributed by atoms with Gasteiger partial charge in [-0.2, -0.15) is 0 Å². The average Bonchev–Trinajstić information content (AvgIpc) is 2.52. The minimum absolute atomic E-state index is 1.11. The molecule has 21 heavy (non-hydrogen) atoms. The van der Waals surface area contributed by atoms with Gasteiger partial charge in [0, 0.05) is 5.56 Å². The van der Waals surface area contributed by atoms with E-state index in [0.717, 1.165) is 5.56 Å². The Hall–Kier alpha value is -2.52. The van der Waals surface area contributed by atoms with Crippen molar-refractivity contribution in [2.75, 3.05) is 0 Å². The third kappa shape index (κ3) is 4.23. The largest absolute Gasteiger partial charge is 0.101 e. The highest BCUT2D eigenvalue weighted by molar-refractivity contribution is 5.81. The van der Waals surface area contributed by atoms with E-state index < -0.39 is 0 Å². The third-order valence-corrected chi connectivity index (χ3v) is 3.43. The molecule has 0 heterocycles. The van der Waals surface area contributed by atoms with E-state index in [1.54, 1.807) is 0 Å². The highest BCUT2D eigenvalue weighted by Gasteiger charge is 1.91. The van der Waals surface area contributed by atoms with Gasteiger partial charge < -0.3 is 0 Å². The maximum atomic E-state index is 3.03. The van der Waals surface area contributed by atoms with Crippen LogP contribution in [0.5, 0.6) is 0 Å². The first-order valence-corrected chi connectivity index (χ1v) is 7.14. The Labute approximate surface area is 127 Å². The Bertz CT molecular complexity index is 720. The molecule has 0 saturated carbocycles. The summed E-state index contributed by atoms with van der Waals surface area (Å²) in [6, 6.07) is 23.0. The van der Waals surface area contributed by atoms with Crippen LogP contribution in [0.2, 0.25) is 0 Å². The minimum Gasteiger partial charge on any atom is -0.101 e. The normalized spacial score (nSPS) is 9.29. The quantitative estimate of drug-likeness (QED) is 0.473. The molecular formula is C21H20. The van der Waals surface area contributed by atoms with Crippen LogP contribution in [0.15, 0.2) is 66.7 Å². The second-order valence-corrected chi connectivity index (χ2v) is 5.02. The van der Waals surface area contributed by atoms with E-state index in [2.05, 4.69) is 92.4 Å². The van der Waals surface area contributed by atoms with Crippen molar-refractivity contribution < 1.29 is 0 Å². The zero-order valence-electron chi connectivity index (χ0n) is 12.9. The van der Waals surface area contributed by atoms with Crippen molar-refractivity contribution in [2.24, 2.45) is 0 Å². The fourth-order valence-corrected chi connectivity index (χ4v) is 2.10. The fourth-order valence-electron chi connectivity index (χ4n) is 2.10. The molecule has 0 unspecified atom stereocenters. The van der Waals surface area contributed by atoms with Gasteiger partial charge in [-0.1, -0.05) is 60.5 Å². The zero-order valence-corrected chi connectivity index (χ0v) is 12.9. The van der Waals surface area contributed by atoms with Crippen LogP contribution in [0.4, 0.5) is 0 Å². The topological polar surface area (TPSA) is 0 Å². The summed E-state index contributed by atoms with van der Waals surface area (Å²) in [4.78, 5) is 0. The molecular weight excluding hydrogens is 252 g/mol. The van der Waals surface area contributed by atoms with Gasteiger partial charge in [-0.15, -0.1) is 5.92 Å². The monoisotopic (exact) mass is 272 g/mol. The van der Waals surface area contributed by atoms with Crippen molar-refractivity contribution in [3.8, 4) is 11.8 Å². The average molecular weight is 272 g/mol. The van der Waals surface area contributed by atoms with E-state index in [9.17, 15) is 0 Å². The molecule has 0 radical (unpaired) electrons. The molecule has 0 N–H and O–H groups in total. The number of rotatable bonds is 0. The number of hydrogen-bond donors (Lipinski definition) is 0. The molecule has 0 nitrogen and oxygen atoms in total. The van der Waals surface area contributed by atoms with Crippen LogP contribution < -0.4 is 0 Å². The molecule has 0 fully saturated rings. The van der Waals surface area contributed by atoms with E-state index in [-0.39, 0.29) is 0 Å². The Morgan fingerprint density at radius 2 is 1.19 bits per heavy atom. The van der Waals surface area contributed by atoms with Gasteiger partial charge in [0.15, 0.2) is 0 Å². The SMILES string of the molecule is CC#Cc1ccc(C)c(C)c1.c1ccc2ccccc2c1. The number of benzene rings is 3. The molecule has 104 valence electrons. The standard InChI is InChI=1S/C11H12.C10H8/c1-4-5-11-7-6-9(2)10(3)8-11;1-2-6-10-8-4-3-7-9(10)5-1/h6-8H,1-3H3;1-8H. The minimum atomic E-state index is 1.11. The van der Waals surface area contributed by atoms with Crippen molar-refractivity contribution in [2.45, 2.75) is 20.8 Å². The van der Waals surface area contributed by atoms with E-state index in [1.807, 2.05) is 6.92 Å². The van der Waals surface area contributed by atoms with Gasteiger partial charge in [-0.05, 0) is 54.8 Å². The first-order chi connectivity index (χ1) is 10.2.